The molecule has 0 aromatic carbocycles. The number of aromatic nitrogens is 2. The molecule has 0 bridgehead atoms. The number of nitrogens with zero attached hydrogens (tertiary/aromatic N) is 3. The van der Waals surface area contributed by atoms with E-state index < -0.39 is 23.2 Å². The summed E-state index contributed by atoms with van der Waals surface area (Å²) in [7, 11) is 0. The second-order valence-electron chi connectivity index (χ2n) is 4.43. The number of alkyl halides is 3. The van der Waals surface area contributed by atoms with Gasteiger partial charge in [-0.05, 0) is 13.0 Å². The molecule has 0 N–H and O–H groups in total. The first-order valence-electron chi connectivity index (χ1n) is 6.22. The van der Waals surface area contributed by atoms with Gasteiger partial charge in [-0.1, -0.05) is 11.2 Å². The molecule has 8 heteroatoms. The molecule has 0 aliphatic rings. The summed E-state index contributed by atoms with van der Waals surface area (Å²) in [4.78, 5) is 17.1. The number of anilines is 1. The summed E-state index contributed by atoms with van der Waals surface area (Å²) in [5, 5.41) is 3.63. The normalized spacial score (nSPS) is 11.3. The Morgan fingerprint density at radius 2 is 2.23 bits per heavy atom. The van der Waals surface area contributed by atoms with E-state index in [4.69, 9.17) is 4.52 Å². The van der Waals surface area contributed by atoms with E-state index >= 15 is 0 Å². The number of pyridine rings is 1. The molecule has 2 aromatic heterocycles. The van der Waals surface area contributed by atoms with Gasteiger partial charge in [-0.2, -0.15) is 13.2 Å². The first-order valence-corrected chi connectivity index (χ1v) is 6.22. The highest BCUT2D eigenvalue weighted by Gasteiger charge is 2.36. The van der Waals surface area contributed by atoms with Gasteiger partial charge in [0.25, 0.3) is 5.91 Å². The van der Waals surface area contributed by atoms with Gasteiger partial charge in [0, 0.05) is 25.0 Å². The van der Waals surface area contributed by atoms with Crippen LogP contribution in [0.3, 0.4) is 0 Å². The summed E-state index contributed by atoms with van der Waals surface area (Å²) < 4.78 is 44.0. The van der Waals surface area contributed by atoms with Gasteiger partial charge in [-0.25, -0.2) is 0 Å². The van der Waals surface area contributed by atoms with E-state index in [-0.39, 0.29) is 12.4 Å². The SMILES string of the molecule is C=CCN(C(=O)c1cnccc1C(F)(F)F)c1cc(C)no1. The lowest BCUT2D eigenvalue weighted by Crippen LogP contribution is -2.32. The van der Waals surface area contributed by atoms with E-state index in [2.05, 4.69) is 16.7 Å². The Morgan fingerprint density at radius 3 is 2.77 bits per heavy atom. The van der Waals surface area contributed by atoms with Crippen molar-refractivity contribution in [3.8, 4) is 0 Å². The van der Waals surface area contributed by atoms with Crippen molar-refractivity contribution in [2.75, 3.05) is 11.4 Å². The van der Waals surface area contributed by atoms with Gasteiger partial charge < -0.3 is 4.52 Å². The molecule has 116 valence electrons. The zero-order valence-corrected chi connectivity index (χ0v) is 11.6. The smallest absolute Gasteiger partial charge is 0.338 e. The van der Waals surface area contributed by atoms with Crippen LogP contribution in [0.15, 0.2) is 41.7 Å². The van der Waals surface area contributed by atoms with Crippen molar-refractivity contribution in [2.45, 2.75) is 13.1 Å². The van der Waals surface area contributed by atoms with E-state index in [1.807, 2.05) is 0 Å². The van der Waals surface area contributed by atoms with Crippen molar-refractivity contribution in [1.29, 1.82) is 0 Å². The summed E-state index contributed by atoms with van der Waals surface area (Å²) in [5.74, 6) is -0.851. The first-order chi connectivity index (χ1) is 10.3. The fourth-order valence-electron chi connectivity index (χ4n) is 1.84. The number of carbonyl (C=O) groups excluding carboxylic acids is 1. The number of carbonyl (C=O) groups is 1. The Hall–Kier alpha value is -2.64. The molecule has 0 aliphatic carbocycles. The van der Waals surface area contributed by atoms with Crippen LogP contribution in [0.25, 0.3) is 0 Å². The highest BCUT2D eigenvalue weighted by molar-refractivity contribution is 6.06. The first kappa shape index (κ1) is 15.7. The van der Waals surface area contributed by atoms with Crippen molar-refractivity contribution >= 4 is 11.8 Å². The molecule has 22 heavy (non-hydrogen) atoms. The van der Waals surface area contributed by atoms with Gasteiger partial charge in [-0.3, -0.25) is 14.7 Å². The second kappa shape index (κ2) is 6.00. The summed E-state index contributed by atoms with van der Waals surface area (Å²) >= 11 is 0. The molecule has 0 saturated heterocycles. The van der Waals surface area contributed by atoms with E-state index in [0.717, 1.165) is 23.4 Å². The lowest BCUT2D eigenvalue weighted by Gasteiger charge is -2.19. The van der Waals surface area contributed by atoms with Crippen LogP contribution in [0, 0.1) is 6.92 Å². The van der Waals surface area contributed by atoms with E-state index in [1.165, 1.54) is 12.1 Å². The number of hydrogen-bond acceptors (Lipinski definition) is 4. The van der Waals surface area contributed by atoms with Crippen molar-refractivity contribution in [3.63, 3.8) is 0 Å². The van der Waals surface area contributed by atoms with Crippen molar-refractivity contribution in [2.24, 2.45) is 0 Å². The largest absolute Gasteiger partial charge is 0.417 e. The molecule has 5 nitrogen and oxygen atoms in total. The van der Waals surface area contributed by atoms with Crippen LogP contribution in [0.1, 0.15) is 21.6 Å². The van der Waals surface area contributed by atoms with E-state index in [1.54, 1.807) is 6.92 Å². The molecule has 1 amide bonds. The Bertz CT molecular complexity index is 695. The molecule has 2 heterocycles. The maximum atomic E-state index is 13.0. The van der Waals surface area contributed by atoms with Crippen LogP contribution in [0.4, 0.5) is 19.1 Å². The van der Waals surface area contributed by atoms with E-state index in [0.29, 0.717) is 5.69 Å². The fourth-order valence-corrected chi connectivity index (χ4v) is 1.84. The standard InChI is InChI=1S/C14H12F3N3O2/c1-3-6-20(12-7-9(2)19-22-12)13(21)10-8-18-5-4-11(10)14(15,16)17/h3-5,7-8H,1,6H2,2H3. The number of amides is 1. The Kier molecular flexibility index (Phi) is 4.30. The van der Waals surface area contributed by atoms with Gasteiger partial charge in [-0.15, -0.1) is 6.58 Å². The number of rotatable bonds is 4. The molecule has 0 spiro atoms. The minimum atomic E-state index is -4.66. The second-order valence-corrected chi connectivity index (χ2v) is 4.43. The monoisotopic (exact) mass is 311 g/mol. The maximum absolute atomic E-state index is 13.0. The molecule has 0 radical (unpaired) electrons. The zero-order chi connectivity index (χ0) is 16.3. The molecule has 0 saturated carbocycles. The lowest BCUT2D eigenvalue weighted by atomic mass is 10.1. The van der Waals surface area contributed by atoms with Crippen LogP contribution in [-0.2, 0) is 6.18 Å². The summed E-state index contributed by atoms with van der Waals surface area (Å²) in [6.45, 7) is 5.09. The number of halogens is 3. The highest BCUT2D eigenvalue weighted by Crippen LogP contribution is 2.32. The maximum Gasteiger partial charge on any atom is 0.417 e. The van der Waals surface area contributed by atoms with Gasteiger partial charge in [0.05, 0.1) is 16.8 Å². The predicted octanol–water partition coefficient (Wildman–Crippen LogP) is 3.23. The Morgan fingerprint density at radius 1 is 1.50 bits per heavy atom. The van der Waals surface area contributed by atoms with Gasteiger partial charge >= 0.3 is 6.18 Å². The summed E-state index contributed by atoms with van der Waals surface area (Å²) in [6.07, 6.45) is -1.43. The molecular weight excluding hydrogens is 299 g/mol. The van der Waals surface area contributed by atoms with Crippen LogP contribution in [0.2, 0.25) is 0 Å². The zero-order valence-electron chi connectivity index (χ0n) is 11.6. The number of aryl methyl sites for hydroxylation is 1. The van der Waals surface area contributed by atoms with Gasteiger partial charge in [0.2, 0.25) is 5.88 Å². The molecular formula is C14H12F3N3O2. The Balaban J connectivity index is 2.46. The molecule has 0 fully saturated rings. The Labute approximate surface area is 124 Å². The predicted molar refractivity (Wildman–Crippen MR) is 72.4 cm³/mol. The van der Waals surface area contributed by atoms with E-state index in [9.17, 15) is 18.0 Å². The van der Waals surface area contributed by atoms with Crippen LogP contribution in [0.5, 0.6) is 0 Å². The molecule has 2 aromatic rings. The third kappa shape index (κ3) is 3.16. The summed E-state index contributed by atoms with van der Waals surface area (Å²) in [5.41, 5.74) is -1.12. The average Bonchev–Trinajstić information content (AvgIpc) is 2.89. The molecule has 0 aliphatic heterocycles. The van der Waals surface area contributed by atoms with Crippen molar-refractivity contribution < 1.29 is 22.5 Å². The van der Waals surface area contributed by atoms with Crippen molar-refractivity contribution in [3.05, 3.63) is 54.0 Å². The van der Waals surface area contributed by atoms with Crippen molar-refractivity contribution in [1.82, 2.24) is 10.1 Å². The van der Waals surface area contributed by atoms with Gasteiger partial charge in [0.15, 0.2) is 0 Å². The lowest BCUT2D eigenvalue weighted by molar-refractivity contribution is -0.138. The minimum absolute atomic E-state index is 0.0281. The fraction of sp³-hybridized carbons (Fsp3) is 0.214. The molecule has 0 atom stereocenters. The summed E-state index contributed by atoms with van der Waals surface area (Å²) in [6, 6.07) is 2.20. The minimum Gasteiger partial charge on any atom is -0.338 e. The topological polar surface area (TPSA) is 59.2 Å². The quantitative estimate of drug-likeness (QED) is 0.813. The third-order valence-electron chi connectivity index (χ3n) is 2.80. The van der Waals surface area contributed by atoms with Crippen LogP contribution in [-0.4, -0.2) is 22.6 Å². The average molecular weight is 311 g/mol. The number of hydrogen-bond donors (Lipinski definition) is 0. The highest BCUT2D eigenvalue weighted by atomic mass is 19.4. The molecule has 0 unspecified atom stereocenters. The van der Waals surface area contributed by atoms with Crippen LogP contribution < -0.4 is 4.90 Å². The third-order valence-corrected chi connectivity index (χ3v) is 2.80. The van der Waals surface area contributed by atoms with Crippen LogP contribution >= 0.6 is 0 Å². The molecule has 2 rings (SSSR count). The van der Waals surface area contributed by atoms with Gasteiger partial charge in [0.1, 0.15) is 0 Å².